The first-order chi connectivity index (χ1) is 9.11. The van der Waals surface area contributed by atoms with Gasteiger partial charge >= 0.3 is 0 Å². The molecule has 0 unspecified atom stereocenters. The first-order valence-corrected chi connectivity index (χ1v) is 6.89. The number of aryl methyl sites for hydroxylation is 2. The maximum absolute atomic E-state index is 11.2. The lowest BCUT2D eigenvalue weighted by atomic mass is 10.1. The van der Waals surface area contributed by atoms with E-state index in [0.717, 1.165) is 21.1 Å². The van der Waals surface area contributed by atoms with Crippen LogP contribution in [0.5, 0.6) is 0 Å². The lowest BCUT2D eigenvalue weighted by molar-refractivity contribution is 1.10. The van der Waals surface area contributed by atoms with Crippen molar-refractivity contribution in [1.82, 2.24) is 9.38 Å². The SMILES string of the molecule is Cc1sc2nc(-c3ccc(Cl)cc3)c(N=O)n2c1C. The Kier molecular flexibility index (Phi) is 2.88. The maximum atomic E-state index is 11.2. The number of benzene rings is 1. The molecule has 3 aromatic rings. The van der Waals surface area contributed by atoms with Crippen LogP contribution >= 0.6 is 22.9 Å². The van der Waals surface area contributed by atoms with Crippen LogP contribution in [0.25, 0.3) is 16.2 Å². The van der Waals surface area contributed by atoms with E-state index in [9.17, 15) is 4.91 Å². The van der Waals surface area contributed by atoms with E-state index in [4.69, 9.17) is 11.6 Å². The Morgan fingerprint density at radius 1 is 1.26 bits per heavy atom. The molecule has 0 amide bonds. The van der Waals surface area contributed by atoms with Crippen LogP contribution in [0.3, 0.4) is 0 Å². The highest BCUT2D eigenvalue weighted by molar-refractivity contribution is 7.17. The Labute approximate surface area is 118 Å². The molecule has 0 saturated heterocycles. The van der Waals surface area contributed by atoms with Crippen LogP contribution in [0.1, 0.15) is 10.6 Å². The van der Waals surface area contributed by atoms with Crippen molar-refractivity contribution < 1.29 is 0 Å². The van der Waals surface area contributed by atoms with Gasteiger partial charge in [0.25, 0.3) is 0 Å². The highest BCUT2D eigenvalue weighted by Gasteiger charge is 2.19. The van der Waals surface area contributed by atoms with Crippen LogP contribution < -0.4 is 0 Å². The number of nitrogens with zero attached hydrogens (tertiary/aromatic N) is 3. The van der Waals surface area contributed by atoms with Crippen LogP contribution in [0.4, 0.5) is 5.82 Å². The molecule has 1 aromatic carbocycles. The number of hydrogen-bond acceptors (Lipinski definition) is 4. The summed E-state index contributed by atoms with van der Waals surface area (Å²) in [6, 6.07) is 7.23. The fourth-order valence-electron chi connectivity index (χ4n) is 2.02. The summed E-state index contributed by atoms with van der Waals surface area (Å²) in [4.78, 5) is 17.6. The molecule has 0 fully saturated rings. The Balaban J connectivity index is 2.30. The first-order valence-electron chi connectivity index (χ1n) is 5.69. The van der Waals surface area contributed by atoms with Crippen LogP contribution in [0.15, 0.2) is 29.4 Å². The lowest BCUT2D eigenvalue weighted by Crippen LogP contribution is -1.85. The van der Waals surface area contributed by atoms with Gasteiger partial charge in [-0.15, -0.1) is 16.2 Å². The number of aromatic nitrogens is 2. The van der Waals surface area contributed by atoms with Gasteiger partial charge < -0.3 is 0 Å². The van der Waals surface area contributed by atoms with Crippen LogP contribution in [-0.4, -0.2) is 9.38 Å². The maximum Gasteiger partial charge on any atom is 0.210 e. The molecular weight excluding hydrogens is 282 g/mol. The van der Waals surface area contributed by atoms with Crippen molar-refractivity contribution in [1.29, 1.82) is 0 Å². The third kappa shape index (κ3) is 1.86. The molecule has 19 heavy (non-hydrogen) atoms. The predicted molar refractivity (Wildman–Crippen MR) is 78.4 cm³/mol. The molecule has 0 N–H and O–H groups in total. The zero-order chi connectivity index (χ0) is 13.6. The van der Waals surface area contributed by atoms with Gasteiger partial charge in [-0.1, -0.05) is 23.7 Å². The molecule has 0 bridgehead atoms. The summed E-state index contributed by atoms with van der Waals surface area (Å²) >= 11 is 7.42. The number of halogens is 1. The van der Waals surface area contributed by atoms with E-state index in [-0.39, 0.29) is 0 Å². The molecule has 0 aliphatic carbocycles. The quantitative estimate of drug-likeness (QED) is 0.641. The lowest BCUT2D eigenvalue weighted by Gasteiger charge is -1.99. The second kappa shape index (κ2) is 4.43. The van der Waals surface area contributed by atoms with Gasteiger partial charge in [0.1, 0.15) is 5.69 Å². The third-order valence-corrected chi connectivity index (χ3v) is 4.43. The molecule has 0 spiro atoms. The van der Waals surface area contributed by atoms with Gasteiger partial charge in [0.05, 0.1) is 0 Å². The van der Waals surface area contributed by atoms with Crippen LogP contribution in [0, 0.1) is 18.8 Å². The summed E-state index contributed by atoms with van der Waals surface area (Å²) in [7, 11) is 0. The molecule has 3 rings (SSSR count). The molecule has 2 heterocycles. The van der Waals surface area contributed by atoms with Gasteiger partial charge in [-0.25, -0.2) is 4.98 Å². The van der Waals surface area contributed by atoms with Gasteiger partial charge in [-0.05, 0) is 31.2 Å². The van der Waals surface area contributed by atoms with Crippen molar-refractivity contribution in [3.05, 3.63) is 44.8 Å². The molecule has 0 radical (unpaired) electrons. The average molecular weight is 292 g/mol. The fraction of sp³-hybridized carbons (Fsp3) is 0.154. The van der Waals surface area contributed by atoms with E-state index in [1.54, 1.807) is 27.9 Å². The van der Waals surface area contributed by atoms with E-state index in [0.29, 0.717) is 16.5 Å². The topological polar surface area (TPSA) is 46.7 Å². The minimum atomic E-state index is 0.346. The largest absolute Gasteiger partial charge is 0.269 e. The molecule has 0 aliphatic heterocycles. The number of fused-ring (bicyclic) bond motifs is 1. The third-order valence-electron chi connectivity index (χ3n) is 3.12. The van der Waals surface area contributed by atoms with Gasteiger partial charge in [-0.3, -0.25) is 4.40 Å². The van der Waals surface area contributed by atoms with Crippen LogP contribution in [0.2, 0.25) is 5.02 Å². The standard InChI is InChI=1S/C13H10ClN3OS/c1-7-8(2)19-13-15-11(12(16-18)17(7)13)9-3-5-10(14)6-4-9/h3-6H,1-2H3. The molecule has 0 atom stereocenters. The zero-order valence-corrected chi connectivity index (χ0v) is 11.9. The molecule has 0 saturated carbocycles. The molecular formula is C13H10ClN3OS. The highest BCUT2D eigenvalue weighted by Crippen LogP contribution is 2.35. The molecule has 0 aliphatic rings. The smallest absolute Gasteiger partial charge is 0.210 e. The number of rotatable bonds is 2. The van der Waals surface area contributed by atoms with Gasteiger partial charge in [0.2, 0.25) is 5.82 Å². The second-order valence-corrected chi connectivity index (χ2v) is 5.86. The summed E-state index contributed by atoms with van der Waals surface area (Å²) < 4.78 is 1.80. The Hall–Kier alpha value is -1.72. The fourth-order valence-corrected chi connectivity index (χ4v) is 3.11. The van der Waals surface area contributed by atoms with Crippen molar-refractivity contribution in [2.45, 2.75) is 13.8 Å². The molecule has 6 heteroatoms. The van der Waals surface area contributed by atoms with Crippen molar-refractivity contribution in [2.24, 2.45) is 5.18 Å². The Morgan fingerprint density at radius 3 is 2.58 bits per heavy atom. The summed E-state index contributed by atoms with van der Waals surface area (Å²) in [5.74, 6) is 0.346. The van der Waals surface area contributed by atoms with Crippen molar-refractivity contribution in [3.8, 4) is 11.3 Å². The predicted octanol–water partition coefficient (Wildman–Crippen LogP) is 4.73. The van der Waals surface area contributed by atoms with Gasteiger partial charge in [-0.2, -0.15) is 0 Å². The monoisotopic (exact) mass is 291 g/mol. The summed E-state index contributed by atoms with van der Waals surface area (Å²) in [6.07, 6.45) is 0. The number of hydrogen-bond donors (Lipinski definition) is 0. The molecule has 2 aromatic heterocycles. The number of imidazole rings is 1. The highest BCUT2D eigenvalue weighted by atomic mass is 35.5. The molecule has 96 valence electrons. The number of nitroso groups, excluding NO2 is 1. The van der Waals surface area contributed by atoms with E-state index >= 15 is 0 Å². The van der Waals surface area contributed by atoms with E-state index in [1.807, 2.05) is 26.0 Å². The Morgan fingerprint density at radius 2 is 1.95 bits per heavy atom. The average Bonchev–Trinajstić information content (AvgIpc) is 2.88. The summed E-state index contributed by atoms with van der Waals surface area (Å²) in [5, 5.41) is 3.81. The Bertz CT molecular complexity index is 773. The second-order valence-electron chi connectivity index (χ2n) is 4.24. The first kappa shape index (κ1) is 12.3. The molecule has 4 nitrogen and oxygen atoms in total. The number of thiazole rings is 1. The van der Waals surface area contributed by atoms with Crippen molar-refractivity contribution in [3.63, 3.8) is 0 Å². The van der Waals surface area contributed by atoms with Gasteiger partial charge in [0, 0.05) is 21.2 Å². The van der Waals surface area contributed by atoms with Gasteiger partial charge in [0.15, 0.2) is 4.96 Å². The van der Waals surface area contributed by atoms with Crippen LogP contribution in [-0.2, 0) is 0 Å². The van der Waals surface area contributed by atoms with E-state index in [1.165, 1.54) is 0 Å². The van der Waals surface area contributed by atoms with E-state index < -0.39 is 0 Å². The summed E-state index contributed by atoms with van der Waals surface area (Å²) in [6.45, 7) is 3.96. The van der Waals surface area contributed by atoms with E-state index in [2.05, 4.69) is 10.2 Å². The minimum Gasteiger partial charge on any atom is -0.269 e. The zero-order valence-electron chi connectivity index (χ0n) is 10.3. The van der Waals surface area contributed by atoms with Crippen molar-refractivity contribution in [2.75, 3.05) is 0 Å². The summed E-state index contributed by atoms with van der Waals surface area (Å²) in [5.41, 5.74) is 2.44. The minimum absolute atomic E-state index is 0.346. The normalized spacial score (nSPS) is 11.1. The van der Waals surface area contributed by atoms with Crippen molar-refractivity contribution >= 4 is 33.7 Å².